The van der Waals surface area contributed by atoms with E-state index in [1.54, 1.807) is 12.3 Å². The molecular formula is C27H30FN3O. The Hall–Kier alpha value is -3.05. The molecular weight excluding hydrogens is 401 g/mol. The number of aryl methyl sites for hydroxylation is 1. The van der Waals surface area contributed by atoms with Gasteiger partial charge < -0.3 is 5.32 Å². The lowest BCUT2D eigenvalue weighted by atomic mass is 9.88. The first kappa shape index (κ1) is 22.2. The average Bonchev–Trinajstić information content (AvgIpc) is 2.84. The first-order valence-electron chi connectivity index (χ1n) is 11.4. The average molecular weight is 432 g/mol. The molecule has 0 aliphatic carbocycles. The van der Waals surface area contributed by atoms with Gasteiger partial charge in [0, 0.05) is 31.3 Å². The lowest BCUT2D eigenvalue weighted by Gasteiger charge is -2.37. The summed E-state index contributed by atoms with van der Waals surface area (Å²) in [6.07, 6.45) is 4.96. The second-order valence-corrected chi connectivity index (χ2v) is 8.51. The zero-order valence-electron chi connectivity index (χ0n) is 18.3. The lowest BCUT2D eigenvalue weighted by molar-refractivity contribution is -0.122. The summed E-state index contributed by atoms with van der Waals surface area (Å²) in [4.78, 5) is 19.7. The number of benzene rings is 2. The largest absolute Gasteiger partial charge is 0.347 e. The molecule has 1 fully saturated rings. The number of rotatable bonds is 8. The van der Waals surface area contributed by atoms with E-state index in [9.17, 15) is 9.18 Å². The van der Waals surface area contributed by atoms with Crippen molar-refractivity contribution < 1.29 is 9.18 Å². The molecule has 4 nitrogen and oxygen atoms in total. The van der Waals surface area contributed by atoms with Gasteiger partial charge in [0.05, 0.1) is 11.7 Å². The van der Waals surface area contributed by atoms with E-state index < -0.39 is 0 Å². The van der Waals surface area contributed by atoms with Gasteiger partial charge >= 0.3 is 0 Å². The number of nitrogens with zero attached hydrogens (tertiary/aromatic N) is 2. The molecule has 1 N–H and O–H groups in total. The SMILES string of the molecule is O=C(CCc1ccccc1)N[C@@H](c1ccccn1)[C@H]1CCCN(Cc2ccccc2F)C1. The fourth-order valence-corrected chi connectivity index (χ4v) is 4.52. The number of hydrogen-bond acceptors (Lipinski definition) is 3. The van der Waals surface area contributed by atoms with E-state index in [0.29, 0.717) is 19.4 Å². The third-order valence-electron chi connectivity index (χ3n) is 6.17. The van der Waals surface area contributed by atoms with Crippen molar-refractivity contribution in [2.24, 2.45) is 5.92 Å². The maximum atomic E-state index is 14.2. The monoisotopic (exact) mass is 431 g/mol. The molecule has 0 radical (unpaired) electrons. The topological polar surface area (TPSA) is 45.2 Å². The van der Waals surface area contributed by atoms with Crippen LogP contribution in [-0.2, 0) is 17.8 Å². The molecule has 2 heterocycles. The van der Waals surface area contributed by atoms with Gasteiger partial charge in [0.1, 0.15) is 5.82 Å². The van der Waals surface area contributed by atoms with Crippen molar-refractivity contribution in [1.82, 2.24) is 15.2 Å². The summed E-state index contributed by atoms with van der Waals surface area (Å²) in [5.74, 6) is 0.104. The van der Waals surface area contributed by atoms with Gasteiger partial charge in [-0.15, -0.1) is 0 Å². The number of aromatic nitrogens is 1. The van der Waals surface area contributed by atoms with Crippen molar-refractivity contribution in [3.8, 4) is 0 Å². The maximum absolute atomic E-state index is 14.2. The van der Waals surface area contributed by atoms with Crippen LogP contribution in [0.4, 0.5) is 4.39 Å². The first-order chi connectivity index (χ1) is 15.7. The molecule has 1 aromatic heterocycles. The standard InChI is InChI=1S/C27H30FN3O/c28-24-13-5-4-11-22(24)19-31-18-8-12-23(20-31)27(25-14-6-7-17-29-25)30-26(32)16-15-21-9-2-1-3-10-21/h1-7,9-11,13-14,17,23,27H,8,12,15-16,18-20H2,(H,30,32)/t23-,27+/m0/s1. The van der Waals surface area contributed by atoms with Gasteiger partial charge in [0.2, 0.25) is 5.91 Å². The van der Waals surface area contributed by atoms with E-state index in [4.69, 9.17) is 0 Å². The van der Waals surface area contributed by atoms with Crippen LogP contribution in [0.25, 0.3) is 0 Å². The Balaban J connectivity index is 1.44. The Bertz CT molecular complexity index is 996. The first-order valence-corrected chi connectivity index (χ1v) is 11.4. The van der Waals surface area contributed by atoms with E-state index in [1.807, 2.05) is 60.7 Å². The minimum Gasteiger partial charge on any atom is -0.347 e. The second-order valence-electron chi connectivity index (χ2n) is 8.51. The number of carbonyl (C=O) groups is 1. The second kappa shape index (κ2) is 11.0. The highest BCUT2D eigenvalue weighted by atomic mass is 19.1. The molecule has 3 aromatic rings. The summed E-state index contributed by atoms with van der Waals surface area (Å²) < 4.78 is 14.2. The molecule has 2 atom stereocenters. The molecule has 0 spiro atoms. The number of amides is 1. The Morgan fingerprint density at radius 2 is 1.84 bits per heavy atom. The summed E-state index contributed by atoms with van der Waals surface area (Å²) in [6.45, 7) is 2.32. The third-order valence-corrected chi connectivity index (χ3v) is 6.17. The molecule has 5 heteroatoms. The predicted octanol–water partition coefficient (Wildman–Crippen LogP) is 4.92. The normalized spacial score (nSPS) is 17.6. The quantitative estimate of drug-likeness (QED) is 0.550. The molecule has 1 aliphatic heterocycles. The molecule has 1 saturated heterocycles. The van der Waals surface area contributed by atoms with Gasteiger partial charge in [0.15, 0.2) is 0 Å². The fraction of sp³-hybridized carbons (Fsp3) is 0.333. The lowest BCUT2D eigenvalue weighted by Crippen LogP contribution is -2.43. The van der Waals surface area contributed by atoms with E-state index in [1.165, 1.54) is 6.07 Å². The number of pyridine rings is 1. The molecule has 2 aromatic carbocycles. The summed E-state index contributed by atoms with van der Waals surface area (Å²) in [5, 5.41) is 3.27. The van der Waals surface area contributed by atoms with Crippen LogP contribution in [0.1, 0.15) is 42.1 Å². The van der Waals surface area contributed by atoms with Crippen molar-refractivity contribution in [3.63, 3.8) is 0 Å². The van der Waals surface area contributed by atoms with Crippen LogP contribution in [-0.4, -0.2) is 28.9 Å². The highest BCUT2D eigenvalue weighted by molar-refractivity contribution is 5.76. The third kappa shape index (κ3) is 6.01. The van der Waals surface area contributed by atoms with Gasteiger partial charge in [0.25, 0.3) is 0 Å². The van der Waals surface area contributed by atoms with Crippen LogP contribution in [0.3, 0.4) is 0 Å². The van der Waals surface area contributed by atoms with Crippen molar-refractivity contribution in [2.75, 3.05) is 13.1 Å². The smallest absolute Gasteiger partial charge is 0.220 e. The van der Waals surface area contributed by atoms with E-state index in [-0.39, 0.29) is 23.7 Å². The van der Waals surface area contributed by atoms with Crippen molar-refractivity contribution in [3.05, 3.63) is 102 Å². The van der Waals surface area contributed by atoms with Gasteiger partial charge in [-0.05, 0) is 55.5 Å². The summed E-state index contributed by atoms with van der Waals surface area (Å²) >= 11 is 0. The Morgan fingerprint density at radius 3 is 2.62 bits per heavy atom. The molecule has 32 heavy (non-hydrogen) atoms. The highest BCUT2D eigenvalue weighted by Gasteiger charge is 2.30. The minimum absolute atomic E-state index is 0.0377. The summed E-state index contributed by atoms with van der Waals surface area (Å²) in [6, 6.07) is 22.7. The maximum Gasteiger partial charge on any atom is 0.220 e. The molecule has 1 amide bonds. The number of carbonyl (C=O) groups excluding carboxylic acids is 1. The van der Waals surface area contributed by atoms with Crippen LogP contribution in [0.2, 0.25) is 0 Å². The highest BCUT2D eigenvalue weighted by Crippen LogP contribution is 2.30. The minimum atomic E-state index is -0.162. The number of halogens is 1. The van der Waals surface area contributed by atoms with Gasteiger partial charge in [-0.25, -0.2) is 4.39 Å². The zero-order chi connectivity index (χ0) is 22.2. The van der Waals surface area contributed by atoms with Crippen LogP contribution < -0.4 is 5.32 Å². The fourth-order valence-electron chi connectivity index (χ4n) is 4.52. The van der Waals surface area contributed by atoms with Crippen LogP contribution in [0.15, 0.2) is 79.0 Å². The van der Waals surface area contributed by atoms with Crippen molar-refractivity contribution in [2.45, 2.75) is 38.3 Å². The van der Waals surface area contributed by atoms with Crippen LogP contribution in [0, 0.1) is 11.7 Å². The molecule has 0 bridgehead atoms. The number of hydrogen-bond donors (Lipinski definition) is 1. The Labute approximate surface area is 189 Å². The Morgan fingerprint density at radius 1 is 1.06 bits per heavy atom. The molecule has 4 rings (SSSR count). The van der Waals surface area contributed by atoms with Gasteiger partial charge in [-0.3, -0.25) is 14.7 Å². The number of likely N-dealkylation sites (tertiary alicyclic amines) is 1. The van der Waals surface area contributed by atoms with Crippen molar-refractivity contribution >= 4 is 5.91 Å². The molecule has 1 aliphatic rings. The summed E-state index contributed by atoms with van der Waals surface area (Å²) in [7, 11) is 0. The molecule has 0 unspecified atom stereocenters. The van der Waals surface area contributed by atoms with Gasteiger partial charge in [-0.1, -0.05) is 54.6 Å². The van der Waals surface area contributed by atoms with E-state index >= 15 is 0 Å². The van der Waals surface area contributed by atoms with Crippen LogP contribution in [0.5, 0.6) is 0 Å². The summed E-state index contributed by atoms with van der Waals surface area (Å²) in [5.41, 5.74) is 2.76. The van der Waals surface area contributed by atoms with E-state index in [2.05, 4.69) is 15.2 Å². The van der Waals surface area contributed by atoms with Gasteiger partial charge in [-0.2, -0.15) is 0 Å². The number of nitrogens with one attached hydrogen (secondary N) is 1. The van der Waals surface area contributed by atoms with Crippen LogP contribution >= 0.6 is 0 Å². The Kier molecular flexibility index (Phi) is 7.62. The van der Waals surface area contributed by atoms with Crippen molar-refractivity contribution in [1.29, 1.82) is 0 Å². The zero-order valence-corrected chi connectivity index (χ0v) is 18.3. The molecule has 0 saturated carbocycles. The molecule has 166 valence electrons. The van der Waals surface area contributed by atoms with E-state index in [0.717, 1.165) is 42.8 Å². The number of piperidine rings is 1. The predicted molar refractivity (Wildman–Crippen MR) is 124 cm³/mol.